The third kappa shape index (κ3) is 4.47. The lowest BCUT2D eigenvalue weighted by Crippen LogP contribution is -2.25. The summed E-state index contributed by atoms with van der Waals surface area (Å²) in [6.07, 6.45) is 0.570. The molecule has 1 heterocycles. The second kappa shape index (κ2) is 8.52. The fourth-order valence-electron chi connectivity index (χ4n) is 3.26. The summed E-state index contributed by atoms with van der Waals surface area (Å²) in [5.74, 6) is -0.148. The molecule has 1 unspecified atom stereocenters. The first kappa shape index (κ1) is 21.1. The molecule has 0 aliphatic carbocycles. The van der Waals surface area contributed by atoms with Crippen LogP contribution in [-0.4, -0.2) is 31.8 Å². The molecule has 0 radical (unpaired) electrons. The maximum Gasteiger partial charge on any atom is 0.262 e. The van der Waals surface area contributed by atoms with Crippen molar-refractivity contribution in [3.05, 3.63) is 72.3 Å². The van der Waals surface area contributed by atoms with Crippen molar-refractivity contribution >= 4 is 39.1 Å². The zero-order valence-corrected chi connectivity index (χ0v) is 18.2. The van der Waals surface area contributed by atoms with Crippen molar-refractivity contribution < 1.29 is 23.1 Å². The van der Waals surface area contributed by atoms with Crippen LogP contribution in [0.4, 0.5) is 11.4 Å². The average Bonchev–Trinajstić information content (AvgIpc) is 3.20. The SMILES string of the molecule is COc1ccccc1NS(=O)(=O)c1ccc(O)c(NC(=O)C2Cc3ccccc3S2)c1. The number of hydrogen-bond acceptors (Lipinski definition) is 6. The lowest BCUT2D eigenvalue weighted by atomic mass is 10.1. The highest BCUT2D eigenvalue weighted by Crippen LogP contribution is 2.38. The average molecular weight is 457 g/mol. The molecule has 0 saturated carbocycles. The van der Waals surface area contributed by atoms with Crippen LogP contribution in [0.25, 0.3) is 0 Å². The van der Waals surface area contributed by atoms with E-state index < -0.39 is 10.0 Å². The number of para-hydroxylation sites is 2. The molecule has 1 amide bonds. The predicted molar refractivity (Wildman–Crippen MR) is 120 cm³/mol. The number of rotatable bonds is 6. The molecule has 0 bridgehead atoms. The Bertz CT molecular complexity index is 1220. The number of fused-ring (bicyclic) bond motifs is 1. The number of nitrogens with one attached hydrogen (secondary N) is 2. The monoisotopic (exact) mass is 456 g/mol. The first-order chi connectivity index (χ1) is 14.9. The van der Waals surface area contributed by atoms with Gasteiger partial charge in [0.2, 0.25) is 5.91 Å². The van der Waals surface area contributed by atoms with Crippen molar-refractivity contribution in [3.8, 4) is 11.5 Å². The highest BCUT2D eigenvalue weighted by Gasteiger charge is 2.29. The van der Waals surface area contributed by atoms with Crippen molar-refractivity contribution in [2.24, 2.45) is 0 Å². The van der Waals surface area contributed by atoms with Gasteiger partial charge in [-0.25, -0.2) is 8.42 Å². The number of phenolic OH excluding ortho intramolecular Hbond substituents is 1. The number of thioether (sulfide) groups is 1. The predicted octanol–water partition coefficient (Wildman–Crippen LogP) is 3.86. The maximum absolute atomic E-state index is 12.9. The smallest absolute Gasteiger partial charge is 0.262 e. The molecule has 160 valence electrons. The molecular formula is C22H20N2O5S2. The standard InChI is InChI=1S/C22H20N2O5S2/c1-29-19-8-4-3-7-16(19)24-31(27,28)15-10-11-18(25)17(13-15)23-22(26)21-12-14-6-2-5-9-20(14)30-21/h2-11,13,21,24-25H,12H2,1H3,(H,23,26). The van der Waals surface area contributed by atoms with Gasteiger partial charge in [-0.3, -0.25) is 9.52 Å². The summed E-state index contributed by atoms with van der Waals surface area (Å²) in [7, 11) is -2.54. The fourth-order valence-corrected chi connectivity index (χ4v) is 5.55. The summed E-state index contributed by atoms with van der Waals surface area (Å²) in [5.41, 5.74) is 1.41. The molecule has 3 aromatic rings. The third-order valence-electron chi connectivity index (χ3n) is 4.83. The van der Waals surface area contributed by atoms with E-state index in [1.807, 2.05) is 24.3 Å². The number of sulfonamides is 1. The van der Waals surface area contributed by atoms with E-state index in [-0.39, 0.29) is 33.2 Å². The summed E-state index contributed by atoms with van der Waals surface area (Å²) < 4.78 is 33.4. The third-order valence-corrected chi connectivity index (χ3v) is 7.51. The normalized spacial score (nSPS) is 15.2. The van der Waals surface area contributed by atoms with Crippen LogP contribution in [0, 0.1) is 0 Å². The molecule has 0 saturated heterocycles. The summed E-state index contributed by atoms with van der Waals surface area (Å²) in [4.78, 5) is 13.7. The fraction of sp³-hybridized carbons (Fsp3) is 0.136. The number of carbonyl (C=O) groups is 1. The molecule has 9 heteroatoms. The van der Waals surface area contributed by atoms with Gasteiger partial charge in [0.25, 0.3) is 10.0 Å². The van der Waals surface area contributed by atoms with Crippen molar-refractivity contribution in [1.82, 2.24) is 0 Å². The van der Waals surface area contributed by atoms with Crippen molar-refractivity contribution in [3.63, 3.8) is 0 Å². The minimum atomic E-state index is -3.98. The molecular weight excluding hydrogens is 436 g/mol. The van der Waals surface area contributed by atoms with Gasteiger partial charge in [0.15, 0.2) is 0 Å². The second-order valence-electron chi connectivity index (χ2n) is 6.89. The van der Waals surface area contributed by atoms with Crippen LogP contribution in [-0.2, 0) is 21.2 Å². The van der Waals surface area contributed by atoms with Gasteiger partial charge in [-0.2, -0.15) is 0 Å². The van der Waals surface area contributed by atoms with Gasteiger partial charge in [-0.1, -0.05) is 30.3 Å². The highest BCUT2D eigenvalue weighted by atomic mass is 32.2. The van der Waals surface area contributed by atoms with Crippen LogP contribution in [0.1, 0.15) is 5.56 Å². The number of hydrogen-bond donors (Lipinski definition) is 3. The molecule has 7 nitrogen and oxygen atoms in total. The number of carbonyl (C=O) groups excluding carboxylic acids is 1. The number of amides is 1. The zero-order chi connectivity index (χ0) is 22.0. The van der Waals surface area contributed by atoms with Crippen LogP contribution < -0.4 is 14.8 Å². The van der Waals surface area contributed by atoms with Gasteiger partial charge < -0.3 is 15.2 Å². The number of ether oxygens (including phenoxy) is 1. The molecule has 1 aliphatic rings. The van der Waals surface area contributed by atoms with E-state index in [2.05, 4.69) is 10.0 Å². The van der Waals surface area contributed by atoms with Gasteiger partial charge >= 0.3 is 0 Å². The Morgan fingerprint density at radius 3 is 2.58 bits per heavy atom. The summed E-state index contributed by atoms with van der Waals surface area (Å²) in [6, 6.07) is 18.1. The quantitative estimate of drug-likeness (QED) is 0.487. The van der Waals surface area contributed by atoms with E-state index in [1.54, 1.807) is 24.3 Å². The van der Waals surface area contributed by atoms with Crippen LogP contribution in [0.5, 0.6) is 11.5 Å². The van der Waals surface area contributed by atoms with Crippen LogP contribution >= 0.6 is 11.8 Å². The minimum absolute atomic E-state index is 0.0319. The maximum atomic E-state index is 12.9. The number of aromatic hydroxyl groups is 1. The number of methoxy groups -OCH3 is 1. The Kier molecular flexibility index (Phi) is 5.79. The lowest BCUT2D eigenvalue weighted by Gasteiger charge is -2.14. The lowest BCUT2D eigenvalue weighted by molar-refractivity contribution is -0.115. The number of anilines is 2. The Labute approximate surface area is 184 Å². The van der Waals surface area contributed by atoms with E-state index in [1.165, 1.54) is 37.1 Å². The van der Waals surface area contributed by atoms with E-state index in [0.29, 0.717) is 12.2 Å². The molecule has 3 aromatic carbocycles. The first-order valence-electron chi connectivity index (χ1n) is 9.41. The molecule has 3 N–H and O–H groups in total. The summed E-state index contributed by atoms with van der Waals surface area (Å²) in [6.45, 7) is 0. The molecule has 0 fully saturated rings. The molecule has 1 aliphatic heterocycles. The number of benzene rings is 3. The van der Waals surface area contributed by atoms with Gasteiger partial charge in [-0.15, -0.1) is 11.8 Å². The van der Waals surface area contributed by atoms with Gasteiger partial charge in [0.05, 0.1) is 28.6 Å². The molecule has 0 spiro atoms. The number of phenols is 1. The Morgan fingerprint density at radius 2 is 1.81 bits per heavy atom. The first-order valence-corrected chi connectivity index (χ1v) is 11.8. The Balaban J connectivity index is 1.54. The van der Waals surface area contributed by atoms with E-state index in [0.717, 1.165) is 10.5 Å². The zero-order valence-electron chi connectivity index (χ0n) is 16.5. The minimum Gasteiger partial charge on any atom is -0.506 e. The van der Waals surface area contributed by atoms with Gasteiger partial charge in [-0.05, 0) is 48.4 Å². The van der Waals surface area contributed by atoms with Crippen molar-refractivity contribution in [2.45, 2.75) is 21.5 Å². The molecule has 4 rings (SSSR count). The van der Waals surface area contributed by atoms with Gasteiger partial charge in [0.1, 0.15) is 11.5 Å². The Hall–Kier alpha value is -3.17. The molecule has 31 heavy (non-hydrogen) atoms. The molecule has 1 atom stereocenters. The van der Waals surface area contributed by atoms with Crippen LogP contribution in [0.2, 0.25) is 0 Å². The topological polar surface area (TPSA) is 105 Å². The van der Waals surface area contributed by atoms with Crippen LogP contribution in [0.15, 0.2) is 76.5 Å². The second-order valence-corrected chi connectivity index (χ2v) is 9.82. The van der Waals surface area contributed by atoms with Crippen LogP contribution in [0.3, 0.4) is 0 Å². The summed E-state index contributed by atoms with van der Waals surface area (Å²) in [5, 5.41) is 12.5. The van der Waals surface area contributed by atoms with Gasteiger partial charge in [0, 0.05) is 4.90 Å². The van der Waals surface area contributed by atoms with Crippen molar-refractivity contribution in [1.29, 1.82) is 0 Å². The van der Waals surface area contributed by atoms with E-state index >= 15 is 0 Å². The summed E-state index contributed by atoms with van der Waals surface area (Å²) >= 11 is 1.45. The highest BCUT2D eigenvalue weighted by molar-refractivity contribution is 8.01. The van der Waals surface area contributed by atoms with E-state index in [9.17, 15) is 18.3 Å². The van der Waals surface area contributed by atoms with E-state index in [4.69, 9.17) is 4.74 Å². The molecule has 0 aromatic heterocycles. The van der Waals surface area contributed by atoms with Crippen molar-refractivity contribution in [2.75, 3.05) is 17.1 Å². The Morgan fingerprint density at radius 1 is 1.06 bits per heavy atom. The largest absolute Gasteiger partial charge is 0.506 e.